The van der Waals surface area contributed by atoms with Crippen molar-refractivity contribution in [3.05, 3.63) is 50.7 Å². The zero-order valence-electron chi connectivity index (χ0n) is 13.9. The van der Waals surface area contributed by atoms with Gasteiger partial charge < -0.3 is 10.6 Å². The third-order valence-electron chi connectivity index (χ3n) is 3.51. The zero-order chi connectivity index (χ0) is 17.4. The van der Waals surface area contributed by atoms with Crippen molar-refractivity contribution in [2.75, 3.05) is 20.1 Å². The number of hydrogen-bond donors (Lipinski definition) is 2. The van der Waals surface area contributed by atoms with Crippen LogP contribution in [-0.4, -0.2) is 31.1 Å². The molecule has 0 aliphatic carbocycles. The highest BCUT2D eigenvalue weighted by Crippen LogP contribution is 2.17. The number of hydrogen-bond acceptors (Lipinski definition) is 3. The largest absolute Gasteiger partial charge is 0.356 e. The number of aromatic nitrogens is 1. The third-order valence-corrected chi connectivity index (χ3v) is 5.06. The van der Waals surface area contributed by atoms with Crippen LogP contribution in [0.2, 0.25) is 5.02 Å². The molecule has 0 atom stereocenters. The molecule has 130 valence electrons. The number of guanidine groups is 1. The molecule has 7 heteroatoms. The lowest BCUT2D eigenvalue weighted by Crippen LogP contribution is -2.39. The van der Waals surface area contributed by atoms with Crippen molar-refractivity contribution in [3.63, 3.8) is 0 Å². The van der Waals surface area contributed by atoms with Crippen molar-refractivity contribution in [2.45, 2.75) is 26.2 Å². The lowest BCUT2D eigenvalue weighted by molar-refractivity contribution is 0.627. The maximum Gasteiger partial charge on any atom is 0.191 e. The number of rotatable bonds is 7. The molecule has 24 heavy (non-hydrogen) atoms. The van der Waals surface area contributed by atoms with Crippen molar-refractivity contribution in [3.8, 4) is 0 Å². The van der Waals surface area contributed by atoms with Crippen LogP contribution in [0, 0.1) is 5.82 Å². The fraction of sp³-hybridized carbons (Fsp3) is 0.412. The van der Waals surface area contributed by atoms with Gasteiger partial charge in [-0.1, -0.05) is 24.6 Å². The molecule has 0 unspecified atom stereocenters. The van der Waals surface area contributed by atoms with Gasteiger partial charge in [0, 0.05) is 42.7 Å². The molecule has 0 saturated heterocycles. The summed E-state index contributed by atoms with van der Waals surface area (Å²) in [6.07, 6.45) is 4.54. The van der Waals surface area contributed by atoms with Crippen LogP contribution in [0.15, 0.2) is 29.4 Å². The fourth-order valence-corrected chi connectivity index (χ4v) is 3.30. The lowest BCUT2D eigenvalue weighted by atomic mass is 10.1. The summed E-state index contributed by atoms with van der Waals surface area (Å²) in [5.41, 5.74) is 0.913. The van der Waals surface area contributed by atoms with Crippen LogP contribution in [0.3, 0.4) is 0 Å². The van der Waals surface area contributed by atoms with Crippen molar-refractivity contribution < 1.29 is 4.39 Å². The fourth-order valence-electron chi connectivity index (χ4n) is 2.18. The first-order chi connectivity index (χ1) is 11.6. The van der Waals surface area contributed by atoms with E-state index in [4.69, 9.17) is 11.6 Å². The van der Waals surface area contributed by atoms with Gasteiger partial charge in [0.1, 0.15) is 5.82 Å². The normalized spacial score (nSPS) is 11.6. The molecule has 0 saturated carbocycles. The van der Waals surface area contributed by atoms with Crippen LogP contribution < -0.4 is 10.6 Å². The molecule has 1 heterocycles. The van der Waals surface area contributed by atoms with Crippen molar-refractivity contribution in [1.29, 1.82) is 0 Å². The third kappa shape index (κ3) is 5.76. The molecule has 0 radical (unpaired) electrons. The van der Waals surface area contributed by atoms with E-state index < -0.39 is 0 Å². The van der Waals surface area contributed by atoms with E-state index in [1.165, 1.54) is 17.0 Å². The SMILES string of the molecule is CCc1cnc(CCNC(=NC)NCCc2ccc(F)cc2Cl)s1. The number of aliphatic imine (C=N–C) groups is 1. The number of nitrogens with zero attached hydrogens (tertiary/aromatic N) is 2. The second kappa shape index (κ2) is 9.59. The van der Waals surface area contributed by atoms with E-state index in [0.29, 0.717) is 18.0 Å². The average Bonchev–Trinajstić information content (AvgIpc) is 3.03. The highest BCUT2D eigenvalue weighted by atomic mass is 35.5. The molecule has 0 amide bonds. The van der Waals surface area contributed by atoms with Crippen LogP contribution in [0.4, 0.5) is 4.39 Å². The molecule has 2 N–H and O–H groups in total. The van der Waals surface area contributed by atoms with E-state index in [1.807, 2.05) is 6.20 Å². The highest BCUT2D eigenvalue weighted by Gasteiger charge is 2.04. The van der Waals surface area contributed by atoms with Gasteiger partial charge in [-0.15, -0.1) is 11.3 Å². The molecule has 2 aromatic rings. The molecule has 1 aromatic carbocycles. The first-order valence-corrected chi connectivity index (χ1v) is 9.13. The number of halogens is 2. The number of aryl methyl sites for hydroxylation is 1. The topological polar surface area (TPSA) is 49.3 Å². The summed E-state index contributed by atoms with van der Waals surface area (Å²) in [6, 6.07) is 4.47. The Morgan fingerprint density at radius 2 is 2.04 bits per heavy atom. The Hall–Kier alpha value is -1.66. The highest BCUT2D eigenvalue weighted by molar-refractivity contribution is 7.11. The van der Waals surface area contributed by atoms with E-state index in [0.717, 1.165) is 35.9 Å². The minimum Gasteiger partial charge on any atom is -0.356 e. The minimum absolute atomic E-state index is 0.317. The predicted molar refractivity (Wildman–Crippen MR) is 99.7 cm³/mol. The van der Waals surface area contributed by atoms with E-state index in [9.17, 15) is 4.39 Å². The molecule has 1 aromatic heterocycles. The van der Waals surface area contributed by atoms with Gasteiger partial charge in [-0.05, 0) is 30.5 Å². The Balaban J connectivity index is 1.72. The smallest absolute Gasteiger partial charge is 0.191 e. The second-order valence-corrected chi connectivity index (χ2v) is 6.84. The van der Waals surface area contributed by atoms with Gasteiger partial charge in [-0.2, -0.15) is 0 Å². The zero-order valence-corrected chi connectivity index (χ0v) is 15.5. The Kier molecular flexibility index (Phi) is 7.46. The maximum absolute atomic E-state index is 13.0. The average molecular weight is 369 g/mol. The van der Waals surface area contributed by atoms with Crippen molar-refractivity contribution >= 4 is 28.9 Å². The van der Waals surface area contributed by atoms with Crippen LogP contribution in [0.1, 0.15) is 22.4 Å². The quantitative estimate of drug-likeness (QED) is 0.581. The molecule has 0 fully saturated rings. The van der Waals surface area contributed by atoms with Crippen LogP contribution >= 0.6 is 22.9 Å². The number of thiazole rings is 1. The van der Waals surface area contributed by atoms with E-state index >= 15 is 0 Å². The van der Waals surface area contributed by atoms with Gasteiger partial charge in [0.05, 0.1) is 5.01 Å². The Labute approximate surface area is 151 Å². The van der Waals surface area contributed by atoms with Gasteiger partial charge >= 0.3 is 0 Å². The summed E-state index contributed by atoms with van der Waals surface area (Å²) in [5, 5.41) is 8.09. The summed E-state index contributed by atoms with van der Waals surface area (Å²) >= 11 is 7.78. The van der Waals surface area contributed by atoms with Gasteiger partial charge in [-0.25, -0.2) is 9.37 Å². The van der Waals surface area contributed by atoms with Gasteiger partial charge in [-0.3, -0.25) is 4.99 Å². The van der Waals surface area contributed by atoms with Crippen LogP contribution in [-0.2, 0) is 19.3 Å². The standard InChI is InChI=1S/C17H22ClFN4S/c1-3-14-11-23-16(24-14)7-9-22-17(20-2)21-8-6-12-4-5-13(19)10-15(12)18/h4-5,10-11H,3,6-9H2,1-2H3,(H2,20,21,22). The van der Waals surface area contributed by atoms with E-state index in [-0.39, 0.29) is 5.82 Å². The van der Waals surface area contributed by atoms with Gasteiger partial charge in [0.15, 0.2) is 5.96 Å². The monoisotopic (exact) mass is 368 g/mol. The molecule has 0 bridgehead atoms. The molecule has 4 nitrogen and oxygen atoms in total. The Morgan fingerprint density at radius 3 is 2.67 bits per heavy atom. The molecular weight excluding hydrogens is 347 g/mol. The lowest BCUT2D eigenvalue weighted by Gasteiger charge is -2.12. The number of benzene rings is 1. The molecule has 2 rings (SSSR count). The van der Waals surface area contributed by atoms with Gasteiger partial charge in [0.2, 0.25) is 0 Å². The summed E-state index contributed by atoms with van der Waals surface area (Å²) in [5.74, 6) is 0.420. The van der Waals surface area contributed by atoms with E-state index in [1.54, 1.807) is 24.5 Å². The molecule has 0 aliphatic heterocycles. The minimum atomic E-state index is -0.317. The van der Waals surface area contributed by atoms with Gasteiger partial charge in [0.25, 0.3) is 0 Å². The van der Waals surface area contributed by atoms with E-state index in [2.05, 4.69) is 27.5 Å². The van der Waals surface area contributed by atoms with Crippen molar-refractivity contribution in [2.24, 2.45) is 4.99 Å². The van der Waals surface area contributed by atoms with Crippen molar-refractivity contribution in [1.82, 2.24) is 15.6 Å². The second-order valence-electron chi connectivity index (χ2n) is 5.24. The summed E-state index contributed by atoms with van der Waals surface area (Å²) in [7, 11) is 1.73. The summed E-state index contributed by atoms with van der Waals surface area (Å²) in [6.45, 7) is 3.57. The molecular formula is C17H22ClFN4S. The Morgan fingerprint density at radius 1 is 1.29 bits per heavy atom. The first-order valence-electron chi connectivity index (χ1n) is 7.94. The predicted octanol–water partition coefficient (Wildman–Crippen LogP) is 3.45. The summed E-state index contributed by atoms with van der Waals surface area (Å²) in [4.78, 5) is 9.90. The maximum atomic E-state index is 13.0. The van der Waals surface area contributed by atoms with Crippen LogP contribution in [0.25, 0.3) is 0 Å². The van der Waals surface area contributed by atoms with Crippen LogP contribution in [0.5, 0.6) is 0 Å². The Bertz CT molecular complexity index is 687. The first kappa shape index (κ1) is 18.7. The molecule has 0 spiro atoms. The summed E-state index contributed by atoms with van der Waals surface area (Å²) < 4.78 is 13.0. The molecule has 0 aliphatic rings. The number of nitrogens with one attached hydrogen (secondary N) is 2.